The lowest BCUT2D eigenvalue weighted by Gasteiger charge is -2.06. The fourth-order valence-electron chi connectivity index (χ4n) is 4.09. The van der Waals surface area contributed by atoms with E-state index in [-0.39, 0.29) is 10.8 Å². The van der Waals surface area contributed by atoms with Gasteiger partial charge in [-0.1, -0.05) is 25.2 Å². The van der Waals surface area contributed by atoms with E-state index in [1.54, 1.807) is 41.9 Å². The van der Waals surface area contributed by atoms with Crippen LogP contribution in [-0.2, 0) is 29.9 Å². The maximum absolute atomic E-state index is 12.9. The van der Waals surface area contributed by atoms with E-state index in [1.807, 2.05) is 29.2 Å². The quantitative estimate of drug-likeness (QED) is 0.181. The van der Waals surface area contributed by atoms with Crippen molar-refractivity contribution in [2.75, 3.05) is 18.4 Å². The number of aromatic nitrogens is 6. The standard InChI is InChI=1S/C27H32N8O2S3/c1-18(2)26-33-24(35(3)34-26)11-14-29-27-32-21-10-9-20(15-23(21)39-27)40(36,37)30-13-5-4-8-25-31-22(17-38-25)19-7-6-12-28-16-19/h6-7,9-10,12,15-18,30H,4-5,8,11,13-14H2,1-3H3,(H,29,32). The molecular formula is C27H32N8O2S3. The van der Waals surface area contributed by atoms with Crippen LogP contribution < -0.4 is 10.0 Å². The molecule has 0 aliphatic rings. The van der Waals surface area contributed by atoms with Crippen molar-refractivity contribution in [3.05, 3.63) is 64.8 Å². The first-order chi connectivity index (χ1) is 19.3. The number of thiazole rings is 2. The molecule has 0 aliphatic heterocycles. The van der Waals surface area contributed by atoms with Crippen LogP contribution >= 0.6 is 22.7 Å². The van der Waals surface area contributed by atoms with Crippen molar-refractivity contribution in [1.82, 2.24) is 34.4 Å². The summed E-state index contributed by atoms with van der Waals surface area (Å²) >= 11 is 3.06. The van der Waals surface area contributed by atoms with Gasteiger partial charge in [-0.15, -0.1) is 11.3 Å². The predicted octanol–water partition coefficient (Wildman–Crippen LogP) is 5.02. The number of fused-ring (bicyclic) bond motifs is 1. The highest BCUT2D eigenvalue weighted by atomic mass is 32.2. The molecule has 1 aromatic carbocycles. The van der Waals surface area contributed by atoms with Crippen molar-refractivity contribution in [2.45, 2.75) is 50.3 Å². The Morgan fingerprint density at radius 3 is 2.70 bits per heavy atom. The van der Waals surface area contributed by atoms with Crippen LogP contribution in [0.1, 0.15) is 49.3 Å². The summed E-state index contributed by atoms with van der Waals surface area (Å²) in [5, 5.41) is 11.6. The Kier molecular flexibility index (Phi) is 8.84. The molecule has 0 fully saturated rings. The minimum atomic E-state index is -3.61. The third kappa shape index (κ3) is 6.89. The summed E-state index contributed by atoms with van der Waals surface area (Å²) < 4.78 is 31.2. The predicted molar refractivity (Wildman–Crippen MR) is 160 cm³/mol. The molecule has 4 aromatic heterocycles. The average Bonchev–Trinajstić information content (AvgIpc) is 3.67. The number of anilines is 1. The minimum Gasteiger partial charge on any atom is -0.361 e. The Balaban J connectivity index is 1.10. The van der Waals surface area contributed by atoms with Crippen LogP contribution in [0.2, 0.25) is 0 Å². The second kappa shape index (κ2) is 12.5. The highest BCUT2D eigenvalue weighted by Crippen LogP contribution is 2.28. The van der Waals surface area contributed by atoms with E-state index < -0.39 is 10.0 Å². The van der Waals surface area contributed by atoms with E-state index in [4.69, 9.17) is 0 Å². The topological polar surface area (TPSA) is 128 Å². The first-order valence-electron chi connectivity index (χ1n) is 13.2. The molecule has 0 unspecified atom stereocenters. The van der Waals surface area contributed by atoms with Crippen LogP contribution in [0.25, 0.3) is 21.5 Å². The molecule has 0 saturated carbocycles. The van der Waals surface area contributed by atoms with E-state index in [0.29, 0.717) is 19.5 Å². The Morgan fingerprint density at radius 2 is 1.93 bits per heavy atom. The lowest BCUT2D eigenvalue weighted by Crippen LogP contribution is -2.24. The zero-order valence-electron chi connectivity index (χ0n) is 22.7. The van der Waals surface area contributed by atoms with Gasteiger partial charge in [0.1, 0.15) is 5.82 Å². The molecule has 0 saturated heterocycles. The molecule has 0 radical (unpaired) electrons. The number of unbranched alkanes of at least 4 members (excludes halogenated alkanes) is 1. The Hall–Kier alpha value is -3.26. The molecule has 0 spiro atoms. The number of benzene rings is 1. The number of hydrogen-bond acceptors (Lipinski definition) is 10. The Labute approximate surface area is 242 Å². The second-order valence-electron chi connectivity index (χ2n) is 9.71. The van der Waals surface area contributed by atoms with Gasteiger partial charge in [0, 0.05) is 55.8 Å². The summed E-state index contributed by atoms with van der Waals surface area (Å²) in [7, 11) is -1.71. The number of nitrogens with one attached hydrogen (secondary N) is 2. The van der Waals surface area contributed by atoms with Crippen molar-refractivity contribution >= 4 is 48.0 Å². The molecular weight excluding hydrogens is 565 g/mol. The molecule has 0 bridgehead atoms. The van der Waals surface area contributed by atoms with Crippen LogP contribution in [0.15, 0.2) is 53.0 Å². The van der Waals surface area contributed by atoms with Gasteiger partial charge in [-0.2, -0.15) is 5.10 Å². The van der Waals surface area contributed by atoms with Gasteiger partial charge in [-0.3, -0.25) is 9.67 Å². The summed E-state index contributed by atoms with van der Waals surface area (Å²) in [6.45, 7) is 5.18. The molecule has 210 valence electrons. The van der Waals surface area contributed by atoms with Crippen molar-refractivity contribution in [3.63, 3.8) is 0 Å². The molecule has 4 heterocycles. The second-order valence-corrected chi connectivity index (χ2v) is 13.5. The molecule has 0 amide bonds. The third-order valence-corrected chi connectivity index (χ3v) is 9.64. The number of aryl methyl sites for hydroxylation is 2. The van der Waals surface area contributed by atoms with Crippen molar-refractivity contribution < 1.29 is 8.42 Å². The van der Waals surface area contributed by atoms with Gasteiger partial charge >= 0.3 is 0 Å². The van der Waals surface area contributed by atoms with Crippen LogP contribution in [0, 0.1) is 0 Å². The largest absolute Gasteiger partial charge is 0.361 e. The van der Waals surface area contributed by atoms with E-state index in [2.05, 4.69) is 48.9 Å². The molecule has 13 heteroatoms. The lowest BCUT2D eigenvalue weighted by molar-refractivity contribution is 0.577. The molecule has 5 aromatic rings. The summed E-state index contributed by atoms with van der Waals surface area (Å²) in [4.78, 5) is 18.3. The van der Waals surface area contributed by atoms with Crippen LogP contribution in [0.5, 0.6) is 0 Å². The number of hydrogen-bond donors (Lipinski definition) is 2. The minimum absolute atomic E-state index is 0.247. The summed E-state index contributed by atoms with van der Waals surface area (Å²) in [5.41, 5.74) is 2.69. The number of nitrogens with zero attached hydrogens (tertiary/aromatic N) is 6. The average molecular weight is 597 g/mol. The Morgan fingerprint density at radius 1 is 1.05 bits per heavy atom. The smallest absolute Gasteiger partial charge is 0.240 e. The number of pyridine rings is 1. The molecule has 2 N–H and O–H groups in total. The fraction of sp³-hybridized carbons (Fsp3) is 0.370. The van der Waals surface area contributed by atoms with Gasteiger partial charge in [-0.05, 0) is 49.6 Å². The van der Waals surface area contributed by atoms with E-state index in [1.165, 1.54) is 11.3 Å². The van der Waals surface area contributed by atoms with Crippen LogP contribution in [-0.4, -0.2) is 51.2 Å². The monoisotopic (exact) mass is 596 g/mol. The molecule has 0 aliphatic carbocycles. The molecule has 5 rings (SSSR count). The third-order valence-electron chi connectivity index (χ3n) is 6.30. The SMILES string of the molecule is CC(C)c1nc(CCNc2nc3ccc(S(=O)(=O)NCCCCc4nc(-c5cccnc5)cs4)cc3s2)n(C)n1. The van der Waals surface area contributed by atoms with Gasteiger partial charge in [0.25, 0.3) is 0 Å². The lowest BCUT2D eigenvalue weighted by atomic mass is 10.2. The molecule has 0 atom stereocenters. The van der Waals surface area contributed by atoms with E-state index in [0.717, 1.165) is 62.5 Å². The maximum atomic E-state index is 12.9. The first-order valence-corrected chi connectivity index (χ1v) is 16.3. The summed E-state index contributed by atoms with van der Waals surface area (Å²) in [6, 6.07) is 8.94. The number of rotatable bonds is 13. The zero-order chi connectivity index (χ0) is 28.1. The maximum Gasteiger partial charge on any atom is 0.240 e. The number of sulfonamides is 1. The van der Waals surface area contributed by atoms with Gasteiger partial charge < -0.3 is 5.32 Å². The van der Waals surface area contributed by atoms with Gasteiger partial charge in [0.05, 0.1) is 25.8 Å². The van der Waals surface area contributed by atoms with Crippen molar-refractivity contribution in [1.29, 1.82) is 0 Å². The normalized spacial score (nSPS) is 12.0. The molecule has 10 nitrogen and oxygen atoms in total. The van der Waals surface area contributed by atoms with Crippen LogP contribution in [0.3, 0.4) is 0 Å². The zero-order valence-corrected chi connectivity index (χ0v) is 25.1. The highest BCUT2D eigenvalue weighted by molar-refractivity contribution is 7.89. The summed E-state index contributed by atoms with van der Waals surface area (Å²) in [5.74, 6) is 2.04. The molecule has 40 heavy (non-hydrogen) atoms. The van der Waals surface area contributed by atoms with Gasteiger partial charge in [0.2, 0.25) is 10.0 Å². The van der Waals surface area contributed by atoms with Gasteiger partial charge in [-0.25, -0.2) is 28.1 Å². The van der Waals surface area contributed by atoms with Crippen molar-refractivity contribution in [2.24, 2.45) is 7.05 Å². The van der Waals surface area contributed by atoms with E-state index >= 15 is 0 Å². The first kappa shape index (κ1) is 28.3. The van der Waals surface area contributed by atoms with Crippen molar-refractivity contribution in [3.8, 4) is 11.3 Å². The van der Waals surface area contributed by atoms with Gasteiger partial charge in [0.15, 0.2) is 11.0 Å². The highest BCUT2D eigenvalue weighted by Gasteiger charge is 2.16. The Bertz CT molecular complexity index is 1680. The van der Waals surface area contributed by atoms with E-state index in [9.17, 15) is 8.42 Å². The van der Waals surface area contributed by atoms with Crippen LogP contribution in [0.4, 0.5) is 5.13 Å². The fourth-order valence-corrected chi connectivity index (χ4v) is 7.05. The summed E-state index contributed by atoms with van der Waals surface area (Å²) in [6.07, 6.45) is 6.64.